The highest BCUT2D eigenvalue weighted by Crippen LogP contribution is 2.25. The van der Waals surface area contributed by atoms with Gasteiger partial charge in [0.1, 0.15) is 6.04 Å². The van der Waals surface area contributed by atoms with Gasteiger partial charge in [-0.05, 0) is 43.6 Å². The predicted molar refractivity (Wildman–Crippen MR) is 64.4 cm³/mol. The zero-order chi connectivity index (χ0) is 12.1. The van der Waals surface area contributed by atoms with Crippen LogP contribution in [0.3, 0.4) is 0 Å². The van der Waals surface area contributed by atoms with E-state index in [9.17, 15) is 4.79 Å². The van der Waals surface area contributed by atoms with E-state index >= 15 is 0 Å². The van der Waals surface area contributed by atoms with Gasteiger partial charge in [-0.25, -0.2) is 4.79 Å². The average Bonchev–Trinajstić information content (AvgIpc) is 2.41. The Bertz CT molecular complexity index is 361. The number of hydrogen-bond acceptors (Lipinski definition) is 4. The Hall–Kier alpha value is -1.42. The molecule has 1 aliphatic rings. The van der Waals surface area contributed by atoms with Gasteiger partial charge in [0.05, 0.1) is 7.11 Å². The van der Waals surface area contributed by atoms with Gasteiger partial charge >= 0.3 is 5.97 Å². The molecular formula is C13H18N2O2. The summed E-state index contributed by atoms with van der Waals surface area (Å²) >= 11 is 0. The van der Waals surface area contributed by atoms with Crippen LogP contribution in [0.4, 0.5) is 0 Å². The molecule has 4 heteroatoms. The molecule has 0 aromatic carbocycles. The molecule has 0 radical (unpaired) electrons. The highest BCUT2D eigenvalue weighted by Gasteiger charge is 2.29. The fourth-order valence-corrected chi connectivity index (χ4v) is 2.33. The van der Waals surface area contributed by atoms with E-state index in [1.165, 1.54) is 13.5 Å². The number of rotatable bonds is 3. The predicted octanol–water partition coefficient (Wildman–Crippen LogP) is 1.78. The number of pyridine rings is 1. The van der Waals surface area contributed by atoms with Crippen molar-refractivity contribution >= 4 is 5.97 Å². The van der Waals surface area contributed by atoms with E-state index in [4.69, 9.17) is 4.74 Å². The van der Waals surface area contributed by atoms with Gasteiger partial charge in [0.2, 0.25) is 0 Å². The first kappa shape index (κ1) is 12.0. The van der Waals surface area contributed by atoms with Crippen molar-refractivity contribution in [3.8, 4) is 0 Å². The fraction of sp³-hybridized carbons (Fsp3) is 0.538. The van der Waals surface area contributed by atoms with Gasteiger partial charge < -0.3 is 4.74 Å². The Kier molecular flexibility index (Phi) is 4.09. The number of hydrogen-bond donors (Lipinski definition) is 0. The van der Waals surface area contributed by atoms with Crippen LogP contribution in [-0.4, -0.2) is 36.1 Å². The van der Waals surface area contributed by atoms with Crippen LogP contribution in [0.2, 0.25) is 0 Å². The average molecular weight is 234 g/mol. The molecule has 4 nitrogen and oxygen atoms in total. The number of piperidine rings is 1. The Morgan fingerprint density at radius 1 is 1.29 bits per heavy atom. The molecule has 0 spiro atoms. The first-order chi connectivity index (χ1) is 8.33. The second kappa shape index (κ2) is 5.77. The van der Waals surface area contributed by atoms with Crippen molar-refractivity contribution in [1.82, 2.24) is 9.88 Å². The van der Waals surface area contributed by atoms with E-state index in [2.05, 4.69) is 9.88 Å². The molecule has 92 valence electrons. The van der Waals surface area contributed by atoms with Crippen LogP contribution in [0.5, 0.6) is 0 Å². The number of likely N-dealkylation sites (tertiary alicyclic amines) is 1. The third kappa shape index (κ3) is 2.82. The summed E-state index contributed by atoms with van der Waals surface area (Å²) in [6, 6.07) is 3.50. The van der Waals surface area contributed by atoms with Gasteiger partial charge in [-0.1, -0.05) is 6.42 Å². The Balaban J connectivity index is 2.21. The molecule has 0 N–H and O–H groups in total. The quantitative estimate of drug-likeness (QED) is 0.748. The zero-order valence-electron chi connectivity index (χ0n) is 10.1. The summed E-state index contributed by atoms with van der Waals surface area (Å²) in [4.78, 5) is 18.1. The molecule has 0 amide bonds. The van der Waals surface area contributed by atoms with Gasteiger partial charge in [0.15, 0.2) is 0 Å². The number of nitrogens with zero attached hydrogens (tertiary/aromatic N) is 2. The van der Waals surface area contributed by atoms with Crippen LogP contribution < -0.4 is 0 Å². The molecule has 1 fully saturated rings. The van der Waals surface area contributed by atoms with E-state index in [-0.39, 0.29) is 12.0 Å². The third-order valence-electron chi connectivity index (χ3n) is 3.20. The summed E-state index contributed by atoms with van der Waals surface area (Å²) in [6.07, 6.45) is 6.99. The van der Waals surface area contributed by atoms with Crippen LogP contribution in [0.1, 0.15) is 30.9 Å². The van der Waals surface area contributed by atoms with Crippen LogP contribution >= 0.6 is 0 Å². The SMILES string of the molecule is COC(=O)C(c1ccncc1)N1CCCCC1. The van der Waals surface area contributed by atoms with E-state index < -0.39 is 0 Å². The number of aromatic nitrogens is 1. The second-order valence-corrected chi connectivity index (χ2v) is 4.30. The number of esters is 1. The van der Waals surface area contributed by atoms with Crippen LogP contribution in [0.15, 0.2) is 24.5 Å². The zero-order valence-corrected chi connectivity index (χ0v) is 10.1. The molecule has 1 atom stereocenters. The molecule has 0 bridgehead atoms. The summed E-state index contributed by atoms with van der Waals surface area (Å²) in [5, 5.41) is 0. The Labute approximate surface area is 102 Å². The smallest absolute Gasteiger partial charge is 0.327 e. The topological polar surface area (TPSA) is 42.4 Å². The minimum atomic E-state index is -0.275. The van der Waals surface area contributed by atoms with Crippen molar-refractivity contribution in [3.63, 3.8) is 0 Å². The fourth-order valence-electron chi connectivity index (χ4n) is 2.33. The molecule has 1 saturated heterocycles. The van der Waals surface area contributed by atoms with Crippen molar-refractivity contribution in [2.75, 3.05) is 20.2 Å². The lowest BCUT2D eigenvalue weighted by molar-refractivity contribution is -0.147. The van der Waals surface area contributed by atoms with E-state index in [1.807, 2.05) is 12.1 Å². The number of ether oxygens (including phenoxy) is 1. The van der Waals surface area contributed by atoms with Crippen LogP contribution in [-0.2, 0) is 9.53 Å². The minimum absolute atomic E-state index is 0.182. The lowest BCUT2D eigenvalue weighted by atomic mass is 10.0. The summed E-state index contributed by atoms with van der Waals surface area (Å²) in [5.41, 5.74) is 0.966. The summed E-state index contributed by atoms with van der Waals surface area (Å²) in [7, 11) is 1.44. The highest BCUT2D eigenvalue weighted by atomic mass is 16.5. The second-order valence-electron chi connectivity index (χ2n) is 4.30. The van der Waals surface area contributed by atoms with Crippen LogP contribution in [0, 0.1) is 0 Å². The van der Waals surface area contributed by atoms with Crippen molar-refractivity contribution in [1.29, 1.82) is 0 Å². The van der Waals surface area contributed by atoms with Crippen molar-refractivity contribution in [2.24, 2.45) is 0 Å². The first-order valence-electron chi connectivity index (χ1n) is 6.04. The van der Waals surface area contributed by atoms with Gasteiger partial charge in [0.25, 0.3) is 0 Å². The van der Waals surface area contributed by atoms with Gasteiger partial charge in [-0.2, -0.15) is 0 Å². The lowest BCUT2D eigenvalue weighted by Gasteiger charge is -2.32. The van der Waals surface area contributed by atoms with E-state index in [1.54, 1.807) is 12.4 Å². The maximum atomic E-state index is 11.9. The summed E-state index contributed by atoms with van der Waals surface area (Å²) in [6.45, 7) is 1.92. The van der Waals surface area contributed by atoms with Gasteiger partial charge in [-0.3, -0.25) is 9.88 Å². The largest absolute Gasteiger partial charge is 0.468 e. The van der Waals surface area contributed by atoms with Gasteiger partial charge in [0, 0.05) is 12.4 Å². The number of carbonyl (C=O) groups is 1. The molecular weight excluding hydrogens is 216 g/mol. The summed E-state index contributed by atoms with van der Waals surface area (Å²) < 4.78 is 4.92. The molecule has 1 aromatic rings. The van der Waals surface area contributed by atoms with Crippen molar-refractivity contribution in [3.05, 3.63) is 30.1 Å². The molecule has 1 unspecified atom stereocenters. The molecule has 2 heterocycles. The number of carbonyl (C=O) groups excluding carboxylic acids is 1. The highest BCUT2D eigenvalue weighted by molar-refractivity contribution is 5.77. The standard InChI is InChI=1S/C13H18N2O2/c1-17-13(16)12(11-5-7-14-8-6-11)15-9-3-2-4-10-15/h5-8,12H,2-4,9-10H2,1H3. The Morgan fingerprint density at radius 3 is 2.53 bits per heavy atom. The van der Waals surface area contributed by atoms with Crippen LogP contribution in [0.25, 0.3) is 0 Å². The van der Waals surface area contributed by atoms with Gasteiger partial charge in [-0.15, -0.1) is 0 Å². The Morgan fingerprint density at radius 2 is 1.94 bits per heavy atom. The normalized spacial score (nSPS) is 18.6. The van der Waals surface area contributed by atoms with Crippen molar-refractivity contribution < 1.29 is 9.53 Å². The first-order valence-corrected chi connectivity index (χ1v) is 6.04. The molecule has 17 heavy (non-hydrogen) atoms. The summed E-state index contributed by atoms with van der Waals surface area (Å²) in [5.74, 6) is -0.182. The molecule has 2 rings (SSSR count). The molecule has 0 aliphatic carbocycles. The van der Waals surface area contributed by atoms with E-state index in [0.29, 0.717) is 0 Å². The molecule has 1 aliphatic heterocycles. The molecule has 1 aromatic heterocycles. The monoisotopic (exact) mass is 234 g/mol. The maximum absolute atomic E-state index is 11.9. The maximum Gasteiger partial charge on any atom is 0.327 e. The number of methoxy groups -OCH3 is 1. The lowest BCUT2D eigenvalue weighted by Crippen LogP contribution is -2.38. The third-order valence-corrected chi connectivity index (χ3v) is 3.20. The van der Waals surface area contributed by atoms with Crippen molar-refractivity contribution in [2.45, 2.75) is 25.3 Å². The minimum Gasteiger partial charge on any atom is -0.468 e. The molecule has 0 saturated carbocycles. The van der Waals surface area contributed by atoms with E-state index in [0.717, 1.165) is 31.5 Å².